The van der Waals surface area contributed by atoms with Crippen molar-refractivity contribution >= 4 is 21.9 Å². The van der Waals surface area contributed by atoms with Gasteiger partial charge in [0.15, 0.2) is 6.61 Å². The van der Waals surface area contributed by atoms with Gasteiger partial charge in [0.25, 0.3) is 5.91 Å². The van der Waals surface area contributed by atoms with E-state index in [4.69, 9.17) is 4.74 Å². The molecule has 2 N–H and O–H groups in total. The van der Waals surface area contributed by atoms with E-state index in [9.17, 15) is 18.0 Å². The van der Waals surface area contributed by atoms with E-state index >= 15 is 0 Å². The first-order valence-corrected chi connectivity index (χ1v) is 9.42. The third-order valence-electron chi connectivity index (χ3n) is 3.58. The van der Waals surface area contributed by atoms with Crippen molar-refractivity contribution in [2.75, 3.05) is 20.2 Å². The van der Waals surface area contributed by atoms with Crippen LogP contribution in [-0.4, -0.2) is 40.5 Å². The van der Waals surface area contributed by atoms with Crippen molar-refractivity contribution in [2.45, 2.75) is 11.3 Å². The Hall–Kier alpha value is -2.71. The molecule has 0 aliphatic carbocycles. The molecule has 2 rings (SSSR count). The lowest BCUT2D eigenvalue weighted by Crippen LogP contribution is -2.30. The summed E-state index contributed by atoms with van der Waals surface area (Å²) in [6, 6.07) is 14.9. The van der Waals surface area contributed by atoms with E-state index in [0.29, 0.717) is 13.0 Å². The Morgan fingerprint density at radius 1 is 1.00 bits per heavy atom. The minimum absolute atomic E-state index is 0.0372. The molecule has 0 heterocycles. The van der Waals surface area contributed by atoms with Crippen molar-refractivity contribution in [3.8, 4) is 0 Å². The lowest BCUT2D eigenvalue weighted by molar-refractivity contribution is -0.124. The Balaban J connectivity index is 1.78. The zero-order valence-corrected chi connectivity index (χ0v) is 15.1. The van der Waals surface area contributed by atoms with Crippen LogP contribution in [0.25, 0.3) is 0 Å². The molecule has 2 aromatic carbocycles. The molecule has 0 unspecified atom stereocenters. The zero-order valence-electron chi connectivity index (χ0n) is 14.3. The van der Waals surface area contributed by atoms with Crippen LogP contribution >= 0.6 is 0 Å². The van der Waals surface area contributed by atoms with E-state index in [-0.39, 0.29) is 10.5 Å². The van der Waals surface area contributed by atoms with Crippen molar-refractivity contribution in [3.63, 3.8) is 0 Å². The molecule has 1 amide bonds. The smallest absolute Gasteiger partial charge is 0.338 e. The highest BCUT2D eigenvalue weighted by molar-refractivity contribution is 7.89. The maximum absolute atomic E-state index is 11.9. The monoisotopic (exact) mass is 376 g/mol. The summed E-state index contributed by atoms with van der Waals surface area (Å²) in [5.74, 6) is -1.10. The Kier molecular flexibility index (Phi) is 6.88. The fourth-order valence-corrected chi connectivity index (χ4v) is 2.87. The summed E-state index contributed by atoms with van der Waals surface area (Å²) in [5.41, 5.74) is 1.26. The Morgan fingerprint density at radius 2 is 1.65 bits per heavy atom. The van der Waals surface area contributed by atoms with Crippen molar-refractivity contribution in [2.24, 2.45) is 0 Å². The summed E-state index contributed by atoms with van der Waals surface area (Å²) in [7, 11) is -2.27. The van der Waals surface area contributed by atoms with E-state index in [1.165, 1.54) is 31.3 Å². The second kappa shape index (κ2) is 9.12. The van der Waals surface area contributed by atoms with E-state index in [1.54, 1.807) is 0 Å². The summed E-state index contributed by atoms with van der Waals surface area (Å²) in [5, 5.41) is 2.67. The maximum Gasteiger partial charge on any atom is 0.338 e. The number of carbonyl (C=O) groups is 2. The highest BCUT2D eigenvalue weighted by Crippen LogP contribution is 2.11. The third-order valence-corrected chi connectivity index (χ3v) is 5.01. The van der Waals surface area contributed by atoms with Crippen LogP contribution in [0.4, 0.5) is 0 Å². The van der Waals surface area contributed by atoms with Crippen molar-refractivity contribution in [1.29, 1.82) is 0 Å². The van der Waals surface area contributed by atoms with Gasteiger partial charge in [-0.15, -0.1) is 0 Å². The van der Waals surface area contributed by atoms with E-state index in [2.05, 4.69) is 10.0 Å². The van der Waals surface area contributed by atoms with Gasteiger partial charge in [-0.3, -0.25) is 4.79 Å². The summed E-state index contributed by atoms with van der Waals surface area (Å²) < 4.78 is 30.3. The molecule has 0 aliphatic heterocycles. The van der Waals surface area contributed by atoms with E-state index in [0.717, 1.165) is 5.56 Å². The number of benzene rings is 2. The molecule has 0 aliphatic rings. The Morgan fingerprint density at radius 3 is 2.27 bits per heavy atom. The van der Waals surface area contributed by atoms with Crippen LogP contribution < -0.4 is 10.0 Å². The van der Waals surface area contributed by atoms with Crippen molar-refractivity contribution in [1.82, 2.24) is 10.0 Å². The average molecular weight is 376 g/mol. The first-order chi connectivity index (χ1) is 12.4. The topological polar surface area (TPSA) is 102 Å². The minimum Gasteiger partial charge on any atom is -0.452 e. The number of rotatable bonds is 8. The molecular weight excluding hydrogens is 356 g/mol. The highest BCUT2D eigenvalue weighted by atomic mass is 32.2. The summed E-state index contributed by atoms with van der Waals surface area (Å²) in [6.07, 6.45) is 0.682. The molecule has 0 aromatic heterocycles. The number of amides is 1. The number of carbonyl (C=O) groups excluding carboxylic acids is 2. The fourth-order valence-electron chi connectivity index (χ4n) is 2.14. The molecule has 0 atom stereocenters. The SMILES string of the molecule is CNS(=O)(=O)c1ccc(C(=O)OCC(=O)NCCc2ccccc2)cc1. The maximum atomic E-state index is 11.9. The molecule has 26 heavy (non-hydrogen) atoms. The standard InChI is InChI=1S/C18H20N2O5S/c1-19-26(23,24)16-9-7-15(8-10-16)18(22)25-13-17(21)20-12-11-14-5-3-2-4-6-14/h2-10,19H,11-13H2,1H3,(H,20,21). The van der Waals surface area contributed by atoms with Crippen LogP contribution in [0.3, 0.4) is 0 Å². The second-order valence-corrected chi connectivity index (χ2v) is 7.28. The third kappa shape index (κ3) is 5.68. The second-order valence-electron chi connectivity index (χ2n) is 5.39. The summed E-state index contributed by atoms with van der Waals surface area (Å²) in [6.45, 7) is 0.0428. The molecule has 8 heteroatoms. The van der Waals surface area contributed by atoms with Crippen LogP contribution in [0.5, 0.6) is 0 Å². The van der Waals surface area contributed by atoms with Gasteiger partial charge in [-0.25, -0.2) is 17.9 Å². The van der Waals surface area contributed by atoms with E-state index in [1.807, 2.05) is 30.3 Å². The van der Waals surface area contributed by atoms with Gasteiger partial charge < -0.3 is 10.1 Å². The van der Waals surface area contributed by atoms with Gasteiger partial charge in [-0.2, -0.15) is 0 Å². The van der Waals surface area contributed by atoms with Gasteiger partial charge in [0.05, 0.1) is 10.5 Å². The van der Waals surface area contributed by atoms with Gasteiger partial charge in [0.1, 0.15) is 0 Å². The van der Waals surface area contributed by atoms with Crippen LogP contribution in [0.2, 0.25) is 0 Å². The molecule has 138 valence electrons. The number of sulfonamides is 1. The number of nitrogens with one attached hydrogen (secondary N) is 2. The summed E-state index contributed by atoms with van der Waals surface area (Å²) >= 11 is 0. The fraction of sp³-hybridized carbons (Fsp3) is 0.222. The average Bonchev–Trinajstić information content (AvgIpc) is 2.67. The highest BCUT2D eigenvalue weighted by Gasteiger charge is 2.14. The Bertz CT molecular complexity index is 849. The largest absolute Gasteiger partial charge is 0.452 e. The molecule has 0 fully saturated rings. The Labute approximate surface area is 152 Å². The van der Waals surface area contributed by atoms with E-state index < -0.39 is 28.5 Å². The molecule has 7 nitrogen and oxygen atoms in total. The first-order valence-electron chi connectivity index (χ1n) is 7.94. The first kappa shape index (κ1) is 19.6. The van der Waals surface area contributed by atoms with Gasteiger partial charge >= 0.3 is 5.97 Å². The molecular formula is C18H20N2O5S. The predicted octanol–water partition coefficient (Wildman–Crippen LogP) is 1.11. The molecule has 0 radical (unpaired) electrons. The molecule has 0 bridgehead atoms. The van der Waals surface area contributed by atoms with Crippen LogP contribution in [-0.2, 0) is 26.0 Å². The van der Waals surface area contributed by atoms with Crippen molar-refractivity contribution < 1.29 is 22.7 Å². The minimum atomic E-state index is -3.57. The quantitative estimate of drug-likeness (QED) is 0.672. The van der Waals surface area contributed by atoms with Gasteiger partial charge in [-0.1, -0.05) is 30.3 Å². The zero-order chi connectivity index (χ0) is 19.0. The van der Waals surface area contributed by atoms with Gasteiger partial charge in [0, 0.05) is 6.54 Å². The predicted molar refractivity (Wildman–Crippen MR) is 96.1 cm³/mol. The number of hydrogen-bond acceptors (Lipinski definition) is 5. The molecule has 2 aromatic rings. The molecule has 0 saturated carbocycles. The van der Waals surface area contributed by atoms with Gasteiger partial charge in [-0.05, 0) is 43.3 Å². The molecule has 0 saturated heterocycles. The lowest BCUT2D eigenvalue weighted by Gasteiger charge is -2.07. The van der Waals surface area contributed by atoms with Crippen LogP contribution in [0.1, 0.15) is 15.9 Å². The van der Waals surface area contributed by atoms with Crippen LogP contribution in [0, 0.1) is 0 Å². The molecule has 0 spiro atoms. The number of hydrogen-bond donors (Lipinski definition) is 2. The lowest BCUT2D eigenvalue weighted by atomic mass is 10.1. The summed E-state index contributed by atoms with van der Waals surface area (Å²) in [4.78, 5) is 23.7. The number of ether oxygens (including phenoxy) is 1. The van der Waals surface area contributed by atoms with Gasteiger partial charge in [0.2, 0.25) is 10.0 Å². The van der Waals surface area contributed by atoms with Crippen LogP contribution in [0.15, 0.2) is 59.5 Å². The normalized spacial score (nSPS) is 11.0. The van der Waals surface area contributed by atoms with Crippen molar-refractivity contribution in [3.05, 3.63) is 65.7 Å². The number of esters is 1.